The third-order valence-corrected chi connectivity index (χ3v) is 9.20. The van der Waals surface area contributed by atoms with Crippen molar-refractivity contribution in [3.8, 4) is 0 Å². The minimum Gasteiger partial charge on any atom is -0.462 e. The van der Waals surface area contributed by atoms with Gasteiger partial charge in [-0.05, 0) is 83.5 Å². The average molecular weight is 814 g/mol. The molecule has 2 unspecified atom stereocenters. The Hall–Kier alpha value is -3.33. The molecule has 0 aliphatic carbocycles. The predicted molar refractivity (Wildman–Crippen MR) is 238 cm³/mol. The first-order valence-electron chi connectivity index (χ1n) is 21.4. The molecule has 2 atom stereocenters. The van der Waals surface area contributed by atoms with E-state index in [9.17, 15) is 19.0 Å². The van der Waals surface area contributed by atoms with Crippen LogP contribution in [0.25, 0.3) is 0 Å². The van der Waals surface area contributed by atoms with E-state index in [4.69, 9.17) is 24.3 Å². The third kappa shape index (κ3) is 42.1. The second-order valence-electron chi connectivity index (χ2n) is 13.5. The summed E-state index contributed by atoms with van der Waals surface area (Å²) in [6, 6.07) is 0. The molecule has 9 nitrogen and oxygen atoms in total. The first kappa shape index (κ1) is 53.7. The summed E-state index contributed by atoms with van der Waals surface area (Å²) >= 11 is 0. The van der Waals surface area contributed by atoms with Crippen LogP contribution in [0, 0.1) is 0 Å². The van der Waals surface area contributed by atoms with E-state index in [1.807, 2.05) is 18.2 Å². The van der Waals surface area contributed by atoms with Gasteiger partial charge in [0.1, 0.15) is 6.61 Å². The molecule has 0 aromatic heterocycles. The van der Waals surface area contributed by atoms with Crippen LogP contribution >= 0.6 is 7.82 Å². The third-order valence-electron chi connectivity index (χ3n) is 8.22. The van der Waals surface area contributed by atoms with Crippen molar-refractivity contribution in [1.29, 1.82) is 0 Å². The van der Waals surface area contributed by atoms with Crippen molar-refractivity contribution in [2.24, 2.45) is 5.73 Å². The number of nitrogens with two attached hydrogens (primary N) is 1. The molecule has 0 fully saturated rings. The van der Waals surface area contributed by atoms with Crippen LogP contribution < -0.4 is 5.73 Å². The van der Waals surface area contributed by atoms with Gasteiger partial charge in [-0.15, -0.1) is 0 Å². The van der Waals surface area contributed by atoms with Crippen LogP contribution in [-0.4, -0.2) is 49.3 Å². The number of carbonyl (C=O) groups excluding carboxylic acids is 2. The SMILES string of the molecule is CC/C=C/C=C/C=C/CCCCCCCC(=O)OC(COC(=O)CCCCCC/C=C/C/C=C/C/C=C/C/C=C/C/C=C/C/C=C/CC)COP(=O)(O)OCCN. The Labute approximate surface area is 346 Å². The predicted octanol–water partition coefficient (Wildman–Crippen LogP) is 12.4. The van der Waals surface area contributed by atoms with Crippen LogP contribution in [0.4, 0.5) is 0 Å². The fourth-order valence-corrected chi connectivity index (χ4v) is 5.87. The summed E-state index contributed by atoms with van der Waals surface area (Å²) in [7, 11) is -4.40. The zero-order chi connectivity index (χ0) is 41.8. The number of hydrogen-bond acceptors (Lipinski definition) is 8. The van der Waals surface area contributed by atoms with Crippen molar-refractivity contribution in [2.75, 3.05) is 26.4 Å². The van der Waals surface area contributed by atoms with Gasteiger partial charge in [-0.3, -0.25) is 18.6 Å². The van der Waals surface area contributed by atoms with Gasteiger partial charge >= 0.3 is 19.8 Å². The fourth-order valence-electron chi connectivity index (χ4n) is 5.11. The minimum absolute atomic E-state index is 0.0391. The number of esters is 2. The lowest BCUT2D eigenvalue weighted by molar-refractivity contribution is -0.161. The van der Waals surface area contributed by atoms with Gasteiger partial charge in [0, 0.05) is 19.4 Å². The molecule has 0 aliphatic rings. The Bertz CT molecular complexity index is 1290. The maximum Gasteiger partial charge on any atom is 0.472 e. The van der Waals surface area contributed by atoms with Crippen LogP contribution in [0.2, 0.25) is 0 Å². The molecule has 0 aromatic rings. The van der Waals surface area contributed by atoms with E-state index in [1.54, 1.807) is 0 Å². The topological polar surface area (TPSA) is 134 Å². The maximum absolute atomic E-state index is 12.5. The second kappa shape index (κ2) is 42.3. The normalized spacial score (nSPS) is 14.4. The molecule has 57 heavy (non-hydrogen) atoms. The van der Waals surface area contributed by atoms with Gasteiger partial charge in [-0.1, -0.05) is 155 Å². The van der Waals surface area contributed by atoms with Crippen LogP contribution in [0.1, 0.15) is 142 Å². The molecule has 3 N–H and O–H groups in total. The summed E-state index contributed by atoms with van der Waals surface area (Å²) in [5.74, 6) is -0.896. The quantitative estimate of drug-likeness (QED) is 0.0205. The Morgan fingerprint density at radius 1 is 0.544 bits per heavy atom. The number of allylic oxidation sites excluding steroid dienone is 18. The van der Waals surface area contributed by atoms with Crippen molar-refractivity contribution in [3.63, 3.8) is 0 Å². The molecule has 0 amide bonds. The lowest BCUT2D eigenvalue weighted by Gasteiger charge is -2.19. The van der Waals surface area contributed by atoms with Crippen molar-refractivity contribution in [3.05, 3.63) is 109 Å². The number of phosphoric ester groups is 1. The lowest BCUT2D eigenvalue weighted by Crippen LogP contribution is -2.29. The number of unbranched alkanes of at least 4 members (excludes halogenated alkanes) is 9. The zero-order valence-corrected chi connectivity index (χ0v) is 36.2. The summed E-state index contributed by atoms with van der Waals surface area (Å²) in [6.45, 7) is 3.39. The molecule has 0 rings (SSSR count). The van der Waals surface area contributed by atoms with E-state index in [0.29, 0.717) is 12.8 Å². The van der Waals surface area contributed by atoms with Crippen LogP contribution in [0.15, 0.2) is 109 Å². The first-order chi connectivity index (χ1) is 27.8. The molecular formula is C47H76NO8P. The molecule has 0 aromatic carbocycles. The summed E-state index contributed by atoms with van der Waals surface area (Å²) in [5, 5.41) is 0. The molecule has 0 radical (unpaired) electrons. The van der Waals surface area contributed by atoms with Gasteiger partial charge in [0.2, 0.25) is 0 Å². The molecule has 322 valence electrons. The van der Waals surface area contributed by atoms with E-state index in [1.165, 1.54) is 0 Å². The van der Waals surface area contributed by atoms with Crippen molar-refractivity contribution < 1.29 is 37.6 Å². The average Bonchev–Trinajstić information content (AvgIpc) is 3.20. The second-order valence-corrected chi connectivity index (χ2v) is 15.0. The highest BCUT2D eigenvalue weighted by atomic mass is 31.2. The summed E-state index contributed by atoms with van der Waals surface area (Å²) in [4.78, 5) is 34.8. The highest BCUT2D eigenvalue weighted by Gasteiger charge is 2.25. The van der Waals surface area contributed by atoms with E-state index in [2.05, 4.69) is 105 Å². The van der Waals surface area contributed by atoms with Gasteiger partial charge in [-0.2, -0.15) is 0 Å². The number of hydrogen-bond donors (Lipinski definition) is 2. The minimum atomic E-state index is -4.40. The van der Waals surface area contributed by atoms with E-state index in [-0.39, 0.29) is 32.6 Å². The molecule has 0 heterocycles. The highest BCUT2D eigenvalue weighted by molar-refractivity contribution is 7.47. The number of carbonyl (C=O) groups is 2. The largest absolute Gasteiger partial charge is 0.472 e. The standard InChI is InChI=1S/C47H76NO8P/c1-3-5-7-9-11-13-15-17-18-19-20-21-22-23-24-25-26-28-29-31-33-35-37-39-46(49)53-43-45(44-55-57(51,52)54-42-41-48)56-47(50)40-38-36-34-32-30-27-16-14-12-10-8-6-4-2/h5-8,10-14,16-18,20-21,23-24,26,28,45H,3-4,9,15,19,22,25,27,29-44,48H2,1-2H3,(H,51,52)/b7-5+,8-6+,12-10+,13-11+,16-14+,18-17+,21-20+,24-23+,28-26+. The van der Waals surface area contributed by atoms with Crippen LogP contribution in [-0.2, 0) is 32.7 Å². The van der Waals surface area contributed by atoms with Crippen molar-refractivity contribution in [2.45, 2.75) is 148 Å². The van der Waals surface area contributed by atoms with E-state index >= 15 is 0 Å². The molecule has 0 spiro atoms. The molecular weight excluding hydrogens is 737 g/mol. The zero-order valence-electron chi connectivity index (χ0n) is 35.3. The fraction of sp³-hybridized carbons (Fsp3) is 0.574. The number of phosphoric acid groups is 1. The van der Waals surface area contributed by atoms with Crippen LogP contribution in [0.3, 0.4) is 0 Å². The monoisotopic (exact) mass is 814 g/mol. The first-order valence-corrected chi connectivity index (χ1v) is 22.9. The number of rotatable bonds is 38. The smallest absolute Gasteiger partial charge is 0.462 e. The summed E-state index contributed by atoms with van der Waals surface area (Å²) < 4.78 is 32.7. The Balaban J connectivity index is 4.23. The Kier molecular flexibility index (Phi) is 39.8. The van der Waals surface area contributed by atoms with Gasteiger partial charge in [0.15, 0.2) is 6.10 Å². The van der Waals surface area contributed by atoms with Gasteiger partial charge < -0.3 is 20.1 Å². The molecule has 0 bridgehead atoms. The summed E-state index contributed by atoms with van der Waals surface area (Å²) in [5.41, 5.74) is 5.34. The van der Waals surface area contributed by atoms with E-state index in [0.717, 1.165) is 103 Å². The van der Waals surface area contributed by atoms with Crippen molar-refractivity contribution >= 4 is 19.8 Å². The number of ether oxygens (including phenoxy) is 2. The Morgan fingerprint density at radius 3 is 1.54 bits per heavy atom. The van der Waals surface area contributed by atoms with Crippen LogP contribution in [0.5, 0.6) is 0 Å². The van der Waals surface area contributed by atoms with Gasteiger partial charge in [0.25, 0.3) is 0 Å². The van der Waals surface area contributed by atoms with Crippen molar-refractivity contribution in [1.82, 2.24) is 0 Å². The van der Waals surface area contributed by atoms with E-state index < -0.39 is 32.5 Å². The highest BCUT2D eigenvalue weighted by Crippen LogP contribution is 2.43. The molecule has 0 saturated heterocycles. The summed E-state index contributed by atoms with van der Waals surface area (Å²) in [6.07, 6.45) is 55.5. The molecule has 10 heteroatoms. The molecule has 0 aliphatic heterocycles. The van der Waals surface area contributed by atoms with Gasteiger partial charge in [0.05, 0.1) is 13.2 Å². The lowest BCUT2D eigenvalue weighted by atomic mass is 10.1. The molecule has 0 saturated carbocycles. The Morgan fingerprint density at radius 2 is 1.00 bits per heavy atom. The maximum atomic E-state index is 12.5. The van der Waals surface area contributed by atoms with Gasteiger partial charge in [-0.25, -0.2) is 4.57 Å².